The Morgan fingerprint density at radius 2 is 1.37 bits per heavy atom. The minimum Gasteiger partial charge on any atom is -0.301 e. The Bertz CT molecular complexity index is 446. The van der Waals surface area contributed by atoms with Gasteiger partial charge >= 0.3 is 0 Å². The zero-order valence-corrected chi connectivity index (χ0v) is 19.1. The fourth-order valence-corrected chi connectivity index (χ4v) is 4.65. The number of hydrogen-bond donors (Lipinski definition) is 0. The maximum Gasteiger partial charge on any atom is 0.138 e. The third-order valence-electron chi connectivity index (χ3n) is 6.45. The molecule has 158 valence electrons. The van der Waals surface area contributed by atoms with Gasteiger partial charge in [0.25, 0.3) is 0 Å². The normalized spacial score (nSPS) is 25.4. The number of carbonyl (C=O) groups excluding carboxylic acids is 1. The van der Waals surface area contributed by atoms with E-state index in [-0.39, 0.29) is 5.41 Å². The van der Waals surface area contributed by atoms with Gasteiger partial charge in [0.05, 0.1) is 0 Å². The monoisotopic (exact) mass is 378 g/mol. The fraction of sp³-hybridized carbons (Fsp3) is 0.958. The van der Waals surface area contributed by atoms with Crippen LogP contribution in [0.4, 0.5) is 0 Å². The van der Waals surface area contributed by atoms with Crippen molar-refractivity contribution in [3.05, 3.63) is 0 Å². The second-order valence-electron chi connectivity index (χ2n) is 11.6. The fourth-order valence-electron chi connectivity index (χ4n) is 4.65. The lowest BCUT2D eigenvalue weighted by Gasteiger charge is -2.40. The summed E-state index contributed by atoms with van der Waals surface area (Å²) in [6.07, 6.45) is 8.75. The third-order valence-corrected chi connectivity index (χ3v) is 6.45. The predicted octanol–water partition coefficient (Wildman–Crippen LogP) is 5.24. The molecule has 0 amide bonds. The standard InChI is InChI=1S/C24H46N2O/c1-23(2,3)19-26-15-13-25(14-16-26)12-11-21-17-20(18-21)9-7-8-10-22(27)24(4,5)6/h20-21H,7-19H2,1-6H3. The lowest BCUT2D eigenvalue weighted by atomic mass is 9.71. The van der Waals surface area contributed by atoms with Gasteiger partial charge in [-0.25, -0.2) is 0 Å². The lowest BCUT2D eigenvalue weighted by molar-refractivity contribution is -0.126. The van der Waals surface area contributed by atoms with Crippen molar-refractivity contribution in [2.45, 2.75) is 86.5 Å². The van der Waals surface area contributed by atoms with E-state index in [1.54, 1.807) is 0 Å². The summed E-state index contributed by atoms with van der Waals surface area (Å²) in [4.78, 5) is 17.3. The van der Waals surface area contributed by atoms with Gasteiger partial charge in [0.1, 0.15) is 5.78 Å². The molecule has 0 atom stereocenters. The maximum absolute atomic E-state index is 12.0. The van der Waals surface area contributed by atoms with Crippen molar-refractivity contribution < 1.29 is 4.79 Å². The molecular weight excluding hydrogens is 332 g/mol. The van der Waals surface area contributed by atoms with Crippen molar-refractivity contribution >= 4 is 5.78 Å². The summed E-state index contributed by atoms with van der Waals surface area (Å²) >= 11 is 0. The zero-order chi connectivity index (χ0) is 20.1. The summed E-state index contributed by atoms with van der Waals surface area (Å²) in [5, 5.41) is 0. The molecule has 0 unspecified atom stereocenters. The average Bonchev–Trinajstić information content (AvgIpc) is 2.51. The van der Waals surface area contributed by atoms with E-state index in [0.29, 0.717) is 11.2 Å². The molecule has 0 spiro atoms. The molecule has 2 aliphatic rings. The molecule has 1 aliphatic heterocycles. The average molecular weight is 379 g/mol. The van der Waals surface area contributed by atoms with Gasteiger partial charge in [0.15, 0.2) is 0 Å². The molecule has 1 saturated heterocycles. The minimum absolute atomic E-state index is 0.153. The molecule has 27 heavy (non-hydrogen) atoms. The molecule has 0 aromatic carbocycles. The number of nitrogens with zero attached hydrogens (tertiary/aromatic N) is 2. The second kappa shape index (κ2) is 9.87. The predicted molar refractivity (Wildman–Crippen MR) is 116 cm³/mol. The number of hydrogen-bond acceptors (Lipinski definition) is 3. The van der Waals surface area contributed by atoms with Crippen molar-refractivity contribution in [1.29, 1.82) is 0 Å². The Hall–Kier alpha value is -0.410. The minimum atomic E-state index is -0.153. The van der Waals surface area contributed by atoms with Crippen LogP contribution in [0.3, 0.4) is 0 Å². The number of carbonyl (C=O) groups is 1. The molecule has 0 N–H and O–H groups in total. The first-order chi connectivity index (χ1) is 12.5. The van der Waals surface area contributed by atoms with Gasteiger partial charge in [-0.15, -0.1) is 0 Å². The van der Waals surface area contributed by atoms with Crippen molar-refractivity contribution in [3.63, 3.8) is 0 Å². The van der Waals surface area contributed by atoms with E-state index in [1.807, 2.05) is 20.8 Å². The van der Waals surface area contributed by atoms with Gasteiger partial charge in [-0.3, -0.25) is 4.79 Å². The number of rotatable bonds is 9. The van der Waals surface area contributed by atoms with Gasteiger partial charge in [0, 0.05) is 44.6 Å². The maximum atomic E-state index is 12.0. The molecule has 0 bridgehead atoms. The van der Waals surface area contributed by atoms with E-state index in [9.17, 15) is 4.79 Å². The Balaban J connectivity index is 1.47. The van der Waals surface area contributed by atoms with Crippen LogP contribution in [0.15, 0.2) is 0 Å². The Labute approximate surface area is 169 Å². The molecule has 3 nitrogen and oxygen atoms in total. The highest BCUT2D eigenvalue weighted by molar-refractivity contribution is 5.83. The summed E-state index contributed by atoms with van der Waals surface area (Å²) in [6, 6.07) is 0. The molecule has 1 saturated carbocycles. The van der Waals surface area contributed by atoms with Gasteiger partial charge in [-0.2, -0.15) is 0 Å². The van der Waals surface area contributed by atoms with E-state index in [0.717, 1.165) is 24.7 Å². The van der Waals surface area contributed by atoms with Gasteiger partial charge in [-0.1, -0.05) is 54.4 Å². The van der Waals surface area contributed by atoms with E-state index >= 15 is 0 Å². The summed E-state index contributed by atoms with van der Waals surface area (Å²) in [5.41, 5.74) is 0.267. The molecule has 3 heteroatoms. The molecule has 0 radical (unpaired) electrons. The van der Waals surface area contributed by atoms with Crippen LogP contribution in [-0.4, -0.2) is 54.9 Å². The summed E-state index contributed by atoms with van der Waals surface area (Å²) in [5.74, 6) is 2.35. The summed E-state index contributed by atoms with van der Waals surface area (Å²) in [7, 11) is 0. The third kappa shape index (κ3) is 8.64. The number of unbranched alkanes of at least 4 members (excludes halogenated alkanes) is 1. The van der Waals surface area contributed by atoms with Crippen LogP contribution in [0.25, 0.3) is 0 Å². The second-order valence-corrected chi connectivity index (χ2v) is 11.6. The quantitative estimate of drug-likeness (QED) is 0.512. The van der Waals surface area contributed by atoms with Gasteiger partial charge < -0.3 is 9.80 Å². The SMILES string of the molecule is CC(C)(C)CN1CCN(CCC2CC(CCCCC(=O)C(C)(C)C)C2)CC1. The van der Waals surface area contributed by atoms with Crippen molar-refractivity contribution in [2.75, 3.05) is 39.3 Å². The first kappa shape index (κ1) is 22.9. The Kier molecular flexibility index (Phi) is 8.36. The summed E-state index contributed by atoms with van der Waals surface area (Å²) in [6.45, 7) is 20.7. The largest absolute Gasteiger partial charge is 0.301 e. The Morgan fingerprint density at radius 1 is 0.815 bits per heavy atom. The van der Waals surface area contributed by atoms with E-state index in [2.05, 4.69) is 30.6 Å². The molecule has 1 heterocycles. The Morgan fingerprint density at radius 3 is 1.93 bits per heavy atom. The van der Waals surface area contributed by atoms with E-state index in [4.69, 9.17) is 0 Å². The van der Waals surface area contributed by atoms with Crippen molar-refractivity contribution in [3.8, 4) is 0 Å². The van der Waals surface area contributed by atoms with Crippen LogP contribution in [0.1, 0.15) is 86.5 Å². The topological polar surface area (TPSA) is 23.6 Å². The van der Waals surface area contributed by atoms with Crippen LogP contribution in [0, 0.1) is 22.7 Å². The lowest BCUT2D eigenvalue weighted by Crippen LogP contribution is -2.49. The van der Waals surface area contributed by atoms with Crippen LogP contribution >= 0.6 is 0 Å². The molecule has 0 aromatic heterocycles. The summed E-state index contributed by atoms with van der Waals surface area (Å²) < 4.78 is 0. The highest BCUT2D eigenvalue weighted by Crippen LogP contribution is 2.39. The number of Topliss-reactive ketones (excluding diaryl/α,β-unsaturated/α-hetero) is 1. The van der Waals surface area contributed by atoms with Crippen LogP contribution in [-0.2, 0) is 4.79 Å². The highest BCUT2D eigenvalue weighted by atomic mass is 16.1. The van der Waals surface area contributed by atoms with Crippen LogP contribution in [0.2, 0.25) is 0 Å². The number of ketones is 1. The first-order valence-electron chi connectivity index (χ1n) is 11.5. The first-order valence-corrected chi connectivity index (χ1v) is 11.5. The molecule has 0 aromatic rings. The van der Waals surface area contributed by atoms with E-state index < -0.39 is 0 Å². The molecule has 1 aliphatic carbocycles. The smallest absolute Gasteiger partial charge is 0.138 e. The number of piperazine rings is 1. The van der Waals surface area contributed by atoms with Gasteiger partial charge in [-0.05, 0) is 49.5 Å². The van der Waals surface area contributed by atoms with Gasteiger partial charge in [0.2, 0.25) is 0 Å². The van der Waals surface area contributed by atoms with Crippen molar-refractivity contribution in [2.24, 2.45) is 22.7 Å². The van der Waals surface area contributed by atoms with Crippen LogP contribution in [0.5, 0.6) is 0 Å². The highest BCUT2D eigenvalue weighted by Gasteiger charge is 2.29. The molecule has 2 rings (SSSR count). The molecular formula is C24H46N2O. The van der Waals surface area contributed by atoms with E-state index in [1.165, 1.54) is 71.4 Å². The van der Waals surface area contributed by atoms with Crippen LogP contribution < -0.4 is 0 Å². The zero-order valence-electron chi connectivity index (χ0n) is 19.1. The van der Waals surface area contributed by atoms with Crippen molar-refractivity contribution in [1.82, 2.24) is 9.80 Å². The molecule has 2 fully saturated rings.